The maximum absolute atomic E-state index is 11.1. The first-order chi connectivity index (χ1) is 5.34. The summed E-state index contributed by atoms with van der Waals surface area (Å²) < 4.78 is 0. The minimum atomic E-state index is 0.0729. The molecule has 0 aromatic rings. The summed E-state index contributed by atoms with van der Waals surface area (Å²) in [6.45, 7) is 3.84. The summed E-state index contributed by atoms with van der Waals surface area (Å²) in [6.07, 6.45) is 3.26. The van der Waals surface area contributed by atoms with Crippen LogP contribution in [0.15, 0.2) is 0 Å². The molecule has 0 radical (unpaired) electrons. The normalized spacial score (nSPS) is 24.8. The second-order valence-corrected chi connectivity index (χ2v) is 2.94. The Morgan fingerprint density at radius 1 is 1.55 bits per heavy atom. The van der Waals surface area contributed by atoms with E-state index < -0.39 is 0 Å². The van der Waals surface area contributed by atoms with Gasteiger partial charge in [0.1, 0.15) is 0 Å². The van der Waals surface area contributed by atoms with Gasteiger partial charge in [0.15, 0.2) is 0 Å². The molecule has 1 rings (SSSR count). The third-order valence-electron chi connectivity index (χ3n) is 1.98. The molecule has 1 saturated heterocycles. The van der Waals surface area contributed by atoms with Crippen molar-refractivity contribution in [3.8, 4) is 0 Å². The molecule has 1 fully saturated rings. The molecule has 0 aromatic heterocycles. The van der Waals surface area contributed by atoms with E-state index in [-0.39, 0.29) is 11.9 Å². The van der Waals surface area contributed by atoms with E-state index in [1.165, 1.54) is 0 Å². The fourth-order valence-electron chi connectivity index (χ4n) is 1.29. The van der Waals surface area contributed by atoms with Gasteiger partial charge in [-0.25, -0.2) is 0 Å². The molecule has 3 heteroatoms. The molecule has 1 atom stereocenters. The molecule has 1 heterocycles. The van der Waals surface area contributed by atoms with Crippen LogP contribution in [0.3, 0.4) is 0 Å². The smallest absolute Gasteiger partial charge is 0.237 e. The summed E-state index contributed by atoms with van der Waals surface area (Å²) in [4.78, 5) is 11.1. The van der Waals surface area contributed by atoms with Crippen molar-refractivity contribution >= 4 is 5.91 Å². The average Bonchev–Trinajstić information content (AvgIpc) is 2.03. The molecule has 2 N–H and O–H groups in total. The molecule has 1 aliphatic heterocycles. The van der Waals surface area contributed by atoms with Crippen LogP contribution in [0.2, 0.25) is 0 Å². The van der Waals surface area contributed by atoms with Crippen molar-refractivity contribution in [3.05, 3.63) is 0 Å². The topological polar surface area (TPSA) is 41.1 Å². The average molecular weight is 156 g/mol. The first-order valence-electron chi connectivity index (χ1n) is 4.35. The van der Waals surface area contributed by atoms with E-state index in [0.717, 1.165) is 32.4 Å². The minimum absolute atomic E-state index is 0.0729. The van der Waals surface area contributed by atoms with Crippen LogP contribution in [-0.2, 0) is 4.79 Å². The highest BCUT2D eigenvalue weighted by Gasteiger charge is 2.19. The van der Waals surface area contributed by atoms with Gasteiger partial charge in [0, 0.05) is 13.1 Å². The summed E-state index contributed by atoms with van der Waals surface area (Å²) >= 11 is 0. The maximum atomic E-state index is 11.1. The van der Waals surface area contributed by atoms with Crippen LogP contribution in [0.1, 0.15) is 26.2 Å². The van der Waals surface area contributed by atoms with E-state index >= 15 is 0 Å². The van der Waals surface area contributed by atoms with E-state index in [9.17, 15) is 4.79 Å². The fraction of sp³-hybridized carbons (Fsp3) is 0.875. The van der Waals surface area contributed by atoms with Gasteiger partial charge in [0.25, 0.3) is 0 Å². The molecular weight excluding hydrogens is 140 g/mol. The number of hydrogen-bond acceptors (Lipinski definition) is 2. The third-order valence-corrected chi connectivity index (χ3v) is 1.98. The van der Waals surface area contributed by atoms with Gasteiger partial charge in [-0.1, -0.05) is 19.8 Å². The quantitative estimate of drug-likeness (QED) is 0.615. The Bertz CT molecular complexity index is 136. The Kier molecular flexibility index (Phi) is 3.36. The lowest BCUT2D eigenvalue weighted by molar-refractivity contribution is -0.124. The van der Waals surface area contributed by atoms with Gasteiger partial charge < -0.3 is 10.6 Å². The molecule has 0 bridgehead atoms. The molecule has 0 aromatic carbocycles. The van der Waals surface area contributed by atoms with E-state index in [1.807, 2.05) is 0 Å². The molecule has 1 aliphatic rings. The zero-order valence-electron chi connectivity index (χ0n) is 7.02. The van der Waals surface area contributed by atoms with Crippen LogP contribution in [0.25, 0.3) is 0 Å². The number of rotatable bonds is 3. The van der Waals surface area contributed by atoms with E-state index in [0.29, 0.717) is 0 Å². The first kappa shape index (κ1) is 8.53. The van der Waals surface area contributed by atoms with E-state index in [4.69, 9.17) is 0 Å². The Morgan fingerprint density at radius 3 is 3.00 bits per heavy atom. The minimum Gasteiger partial charge on any atom is -0.353 e. The summed E-state index contributed by atoms with van der Waals surface area (Å²) in [5, 5.41) is 6.03. The fourth-order valence-corrected chi connectivity index (χ4v) is 1.29. The van der Waals surface area contributed by atoms with Gasteiger partial charge in [-0.2, -0.15) is 0 Å². The zero-order valence-corrected chi connectivity index (χ0v) is 7.02. The molecular formula is C8H16N2O. The lowest BCUT2D eigenvalue weighted by atomic mass is 10.1. The van der Waals surface area contributed by atoms with Crippen LogP contribution in [0.4, 0.5) is 0 Å². The SMILES string of the molecule is CCCCC1NCCNC1=O. The highest BCUT2D eigenvalue weighted by molar-refractivity contribution is 5.82. The summed E-state index contributed by atoms with van der Waals surface area (Å²) in [6, 6.07) is 0.0729. The molecule has 11 heavy (non-hydrogen) atoms. The van der Waals surface area contributed by atoms with Gasteiger partial charge in [-0.05, 0) is 6.42 Å². The van der Waals surface area contributed by atoms with Crippen LogP contribution < -0.4 is 10.6 Å². The summed E-state index contributed by atoms with van der Waals surface area (Å²) in [5.74, 6) is 0.171. The number of hydrogen-bond donors (Lipinski definition) is 2. The Labute approximate surface area is 67.5 Å². The molecule has 3 nitrogen and oxygen atoms in total. The Morgan fingerprint density at radius 2 is 2.36 bits per heavy atom. The number of unbranched alkanes of at least 4 members (excludes halogenated alkanes) is 1. The molecule has 1 amide bonds. The van der Waals surface area contributed by atoms with Gasteiger partial charge in [-0.3, -0.25) is 4.79 Å². The van der Waals surface area contributed by atoms with Gasteiger partial charge in [0.05, 0.1) is 6.04 Å². The van der Waals surface area contributed by atoms with Crippen LogP contribution >= 0.6 is 0 Å². The molecule has 0 saturated carbocycles. The highest BCUT2D eigenvalue weighted by Crippen LogP contribution is 2.01. The van der Waals surface area contributed by atoms with Gasteiger partial charge >= 0.3 is 0 Å². The van der Waals surface area contributed by atoms with Crippen LogP contribution in [0, 0.1) is 0 Å². The molecule has 0 aliphatic carbocycles. The number of carbonyl (C=O) groups is 1. The predicted molar refractivity (Wildman–Crippen MR) is 44.3 cm³/mol. The number of piperazine rings is 1. The lowest BCUT2D eigenvalue weighted by Crippen LogP contribution is -2.52. The monoisotopic (exact) mass is 156 g/mol. The summed E-state index contributed by atoms with van der Waals surface area (Å²) in [5.41, 5.74) is 0. The molecule has 1 unspecified atom stereocenters. The zero-order chi connectivity index (χ0) is 8.10. The number of nitrogens with one attached hydrogen (secondary N) is 2. The van der Waals surface area contributed by atoms with E-state index in [1.54, 1.807) is 0 Å². The van der Waals surface area contributed by atoms with Crippen molar-refractivity contribution in [3.63, 3.8) is 0 Å². The van der Waals surface area contributed by atoms with Crippen molar-refractivity contribution < 1.29 is 4.79 Å². The maximum Gasteiger partial charge on any atom is 0.237 e. The predicted octanol–water partition coefficient (Wildman–Crippen LogP) is 0.265. The van der Waals surface area contributed by atoms with Crippen molar-refractivity contribution in [2.24, 2.45) is 0 Å². The summed E-state index contributed by atoms with van der Waals surface area (Å²) in [7, 11) is 0. The highest BCUT2D eigenvalue weighted by atomic mass is 16.2. The van der Waals surface area contributed by atoms with Crippen molar-refractivity contribution in [1.82, 2.24) is 10.6 Å². The van der Waals surface area contributed by atoms with Gasteiger partial charge in [-0.15, -0.1) is 0 Å². The molecule has 64 valence electrons. The van der Waals surface area contributed by atoms with Crippen LogP contribution in [-0.4, -0.2) is 25.0 Å². The van der Waals surface area contributed by atoms with Crippen molar-refractivity contribution in [1.29, 1.82) is 0 Å². The van der Waals surface area contributed by atoms with Crippen LogP contribution in [0.5, 0.6) is 0 Å². The largest absolute Gasteiger partial charge is 0.353 e. The Hall–Kier alpha value is -0.570. The second kappa shape index (κ2) is 4.34. The van der Waals surface area contributed by atoms with E-state index in [2.05, 4.69) is 17.6 Å². The number of carbonyl (C=O) groups excluding carboxylic acids is 1. The Balaban J connectivity index is 2.24. The second-order valence-electron chi connectivity index (χ2n) is 2.94. The van der Waals surface area contributed by atoms with Gasteiger partial charge in [0.2, 0.25) is 5.91 Å². The number of amides is 1. The van der Waals surface area contributed by atoms with Crippen molar-refractivity contribution in [2.75, 3.05) is 13.1 Å². The standard InChI is InChI=1S/C8H16N2O/c1-2-3-4-7-8(11)10-6-5-9-7/h7,9H,2-6H2,1H3,(H,10,11). The molecule has 0 spiro atoms. The van der Waals surface area contributed by atoms with Crippen molar-refractivity contribution in [2.45, 2.75) is 32.2 Å². The first-order valence-corrected chi connectivity index (χ1v) is 4.35. The third kappa shape index (κ3) is 2.50. The lowest BCUT2D eigenvalue weighted by Gasteiger charge is -2.22.